The number of nitrogens with one attached hydrogen (secondary N) is 1. The van der Waals surface area contributed by atoms with Gasteiger partial charge >= 0.3 is 5.97 Å². The Morgan fingerprint density at radius 3 is 2.68 bits per heavy atom. The highest BCUT2D eigenvalue weighted by molar-refractivity contribution is 7.87. The topological polar surface area (TPSA) is 127 Å². The highest BCUT2D eigenvalue weighted by Gasteiger charge is 2.33. The second-order valence-electron chi connectivity index (χ2n) is 5.02. The number of hydrogen-bond acceptors (Lipinski definition) is 5. The predicted molar refractivity (Wildman–Crippen MR) is 66.6 cm³/mol. The van der Waals surface area contributed by atoms with Gasteiger partial charge in [-0.3, -0.25) is 4.79 Å². The molecule has 2 atom stereocenters. The van der Waals surface area contributed by atoms with Crippen LogP contribution in [0.1, 0.15) is 19.8 Å². The number of aliphatic hydroxyl groups excluding tert-OH is 1. The van der Waals surface area contributed by atoms with Gasteiger partial charge in [-0.2, -0.15) is 17.4 Å². The maximum Gasteiger partial charge on any atom is 0.307 e. The van der Waals surface area contributed by atoms with Gasteiger partial charge in [-0.05, 0) is 19.8 Å². The van der Waals surface area contributed by atoms with Gasteiger partial charge in [-0.15, -0.1) is 0 Å². The third kappa shape index (κ3) is 4.69. The molecular formula is C10H20N2O6S. The molecule has 0 amide bonds. The number of piperidine rings is 1. The standard InChI is InChI=1S/C10H20N2O6S/c1-10(16,7-13)6-11-19(17,18)12-4-2-3-8(5-12)9(14)15/h8,11,13,16H,2-7H2,1H3,(H,14,15). The van der Waals surface area contributed by atoms with Crippen LogP contribution in [0.25, 0.3) is 0 Å². The van der Waals surface area contributed by atoms with E-state index in [0.29, 0.717) is 12.8 Å². The summed E-state index contributed by atoms with van der Waals surface area (Å²) >= 11 is 0. The van der Waals surface area contributed by atoms with Crippen molar-refractivity contribution in [1.82, 2.24) is 9.03 Å². The first kappa shape index (κ1) is 16.3. The van der Waals surface area contributed by atoms with Crippen LogP contribution in [0.15, 0.2) is 0 Å². The van der Waals surface area contributed by atoms with Gasteiger partial charge in [0.2, 0.25) is 0 Å². The first-order valence-corrected chi connectivity index (χ1v) is 7.43. The van der Waals surface area contributed by atoms with E-state index >= 15 is 0 Å². The summed E-state index contributed by atoms with van der Waals surface area (Å²) in [4.78, 5) is 10.9. The van der Waals surface area contributed by atoms with E-state index in [1.165, 1.54) is 6.92 Å². The summed E-state index contributed by atoms with van der Waals surface area (Å²) < 4.78 is 27.1. The van der Waals surface area contributed by atoms with E-state index in [0.717, 1.165) is 4.31 Å². The Hall–Kier alpha value is -0.740. The first-order chi connectivity index (χ1) is 8.68. The van der Waals surface area contributed by atoms with Crippen LogP contribution in [0.5, 0.6) is 0 Å². The van der Waals surface area contributed by atoms with Crippen molar-refractivity contribution in [3.63, 3.8) is 0 Å². The van der Waals surface area contributed by atoms with Crippen molar-refractivity contribution in [2.75, 3.05) is 26.2 Å². The van der Waals surface area contributed by atoms with Crippen LogP contribution in [0.4, 0.5) is 0 Å². The Balaban J connectivity index is 2.64. The minimum absolute atomic E-state index is 0.0774. The smallest absolute Gasteiger partial charge is 0.307 e. The molecule has 1 rings (SSSR count). The average Bonchev–Trinajstić information content (AvgIpc) is 2.37. The molecule has 112 valence electrons. The minimum atomic E-state index is -3.84. The molecule has 0 saturated carbocycles. The fraction of sp³-hybridized carbons (Fsp3) is 0.900. The fourth-order valence-electron chi connectivity index (χ4n) is 1.76. The molecule has 1 aliphatic heterocycles. The summed E-state index contributed by atoms with van der Waals surface area (Å²) in [5.74, 6) is -1.72. The number of nitrogens with zero attached hydrogens (tertiary/aromatic N) is 1. The second kappa shape index (κ2) is 6.14. The van der Waals surface area contributed by atoms with Crippen LogP contribution >= 0.6 is 0 Å². The fourth-order valence-corrected chi connectivity index (χ4v) is 3.18. The number of carbonyl (C=O) groups is 1. The lowest BCUT2D eigenvalue weighted by Gasteiger charge is -2.31. The van der Waals surface area contributed by atoms with E-state index in [4.69, 9.17) is 10.2 Å². The van der Waals surface area contributed by atoms with Crippen molar-refractivity contribution in [1.29, 1.82) is 0 Å². The number of carboxylic acids is 1. The summed E-state index contributed by atoms with van der Waals surface area (Å²) in [6.07, 6.45) is 0.935. The molecule has 1 aliphatic rings. The molecule has 2 unspecified atom stereocenters. The quantitative estimate of drug-likeness (QED) is 0.465. The SMILES string of the molecule is CC(O)(CO)CNS(=O)(=O)N1CCCC(C(=O)O)C1. The van der Waals surface area contributed by atoms with Crippen LogP contribution in [0, 0.1) is 5.92 Å². The molecule has 0 spiro atoms. The Kier molecular flexibility index (Phi) is 5.27. The van der Waals surface area contributed by atoms with E-state index < -0.39 is 34.3 Å². The lowest BCUT2D eigenvalue weighted by atomic mass is 10.0. The Morgan fingerprint density at radius 2 is 2.16 bits per heavy atom. The van der Waals surface area contributed by atoms with Gasteiger partial charge in [-0.25, -0.2) is 0 Å². The summed E-state index contributed by atoms with van der Waals surface area (Å²) in [7, 11) is -3.84. The molecule has 9 heteroatoms. The van der Waals surface area contributed by atoms with Crippen molar-refractivity contribution in [2.45, 2.75) is 25.4 Å². The number of carboxylic acid groups (broad SMARTS) is 1. The Morgan fingerprint density at radius 1 is 1.53 bits per heavy atom. The molecule has 1 saturated heterocycles. The van der Waals surface area contributed by atoms with Crippen LogP contribution < -0.4 is 4.72 Å². The van der Waals surface area contributed by atoms with E-state index in [9.17, 15) is 18.3 Å². The zero-order valence-corrected chi connectivity index (χ0v) is 11.6. The van der Waals surface area contributed by atoms with Crippen molar-refractivity contribution in [2.24, 2.45) is 5.92 Å². The van der Waals surface area contributed by atoms with Crippen molar-refractivity contribution in [3.8, 4) is 0 Å². The molecule has 4 N–H and O–H groups in total. The molecule has 0 aromatic carbocycles. The minimum Gasteiger partial charge on any atom is -0.481 e. The summed E-state index contributed by atoms with van der Waals surface area (Å²) in [6, 6.07) is 0. The van der Waals surface area contributed by atoms with Crippen LogP contribution in [0.2, 0.25) is 0 Å². The highest BCUT2D eigenvalue weighted by atomic mass is 32.2. The molecular weight excluding hydrogens is 276 g/mol. The number of aliphatic carboxylic acids is 1. The highest BCUT2D eigenvalue weighted by Crippen LogP contribution is 2.18. The molecule has 1 fully saturated rings. The van der Waals surface area contributed by atoms with Crippen molar-refractivity contribution >= 4 is 16.2 Å². The van der Waals surface area contributed by atoms with E-state index in [-0.39, 0.29) is 19.6 Å². The molecule has 19 heavy (non-hydrogen) atoms. The Bertz CT molecular complexity index is 422. The molecule has 0 aromatic heterocycles. The maximum atomic E-state index is 11.9. The zero-order valence-electron chi connectivity index (χ0n) is 10.7. The Labute approximate surface area is 112 Å². The molecule has 0 aromatic rings. The van der Waals surface area contributed by atoms with Gasteiger partial charge in [0.25, 0.3) is 10.2 Å². The third-order valence-corrected chi connectivity index (χ3v) is 4.57. The van der Waals surface area contributed by atoms with E-state index in [1.54, 1.807) is 0 Å². The number of aliphatic hydroxyl groups is 2. The normalized spacial score (nSPS) is 24.9. The lowest BCUT2D eigenvalue weighted by molar-refractivity contribution is -0.142. The van der Waals surface area contributed by atoms with E-state index in [1.807, 2.05) is 0 Å². The van der Waals surface area contributed by atoms with Gasteiger partial charge in [0.1, 0.15) is 0 Å². The molecule has 0 bridgehead atoms. The summed E-state index contributed by atoms with van der Waals surface area (Å²) in [6.45, 7) is 0.561. The zero-order chi connectivity index (χ0) is 14.7. The molecule has 1 heterocycles. The van der Waals surface area contributed by atoms with Gasteiger partial charge in [0, 0.05) is 19.6 Å². The second-order valence-corrected chi connectivity index (χ2v) is 6.77. The average molecular weight is 296 g/mol. The molecule has 8 nitrogen and oxygen atoms in total. The van der Waals surface area contributed by atoms with E-state index in [2.05, 4.69) is 4.72 Å². The number of rotatable bonds is 6. The third-order valence-electron chi connectivity index (χ3n) is 3.05. The lowest BCUT2D eigenvalue weighted by Crippen LogP contribution is -2.51. The maximum absolute atomic E-state index is 11.9. The van der Waals surface area contributed by atoms with Crippen LogP contribution in [0.3, 0.4) is 0 Å². The molecule has 0 radical (unpaired) electrons. The van der Waals surface area contributed by atoms with Crippen LogP contribution in [-0.4, -0.2) is 65.9 Å². The largest absolute Gasteiger partial charge is 0.481 e. The molecule has 0 aliphatic carbocycles. The summed E-state index contributed by atoms with van der Waals surface area (Å²) in [5, 5.41) is 27.3. The number of hydrogen-bond donors (Lipinski definition) is 4. The van der Waals surface area contributed by atoms with Gasteiger partial charge in [-0.1, -0.05) is 0 Å². The van der Waals surface area contributed by atoms with Gasteiger partial charge in [0.05, 0.1) is 18.1 Å². The monoisotopic (exact) mass is 296 g/mol. The van der Waals surface area contributed by atoms with Gasteiger partial charge < -0.3 is 15.3 Å². The first-order valence-electron chi connectivity index (χ1n) is 5.99. The summed E-state index contributed by atoms with van der Waals surface area (Å²) in [5.41, 5.74) is -1.55. The predicted octanol–water partition coefficient (Wildman–Crippen LogP) is -1.64. The van der Waals surface area contributed by atoms with Crippen molar-refractivity contribution in [3.05, 3.63) is 0 Å². The van der Waals surface area contributed by atoms with Crippen LogP contribution in [-0.2, 0) is 15.0 Å². The van der Waals surface area contributed by atoms with Gasteiger partial charge in [0.15, 0.2) is 0 Å². The van der Waals surface area contributed by atoms with Crippen molar-refractivity contribution < 1.29 is 28.5 Å².